The first-order valence-electron chi connectivity index (χ1n) is 7.80. The number of unbranched alkanes of at least 4 members (excludes halogenated alkanes) is 3. The highest BCUT2D eigenvalue weighted by atomic mass is 31.2. The van der Waals surface area contributed by atoms with Crippen molar-refractivity contribution in [2.24, 2.45) is 5.73 Å². The third-order valence-corrected chi connectivity index (χ3v) is 5.60. The Kier molecular flexibility index (Phi) is 12.4. The van der Waals surface area contributed by atoms with E-state index in [1.54, 1.807) is 0 Å². The average molecular weight is 301 g/mol. The zero-order valence-corrected chi connectivity index (χ0v) is 14.5. The zero-order chi connectivity index (χ0) is 15.4. The van der Waals surface area contributed by atoms with Crippen LogP contribution in [0.15, 0.2) is 0 Å². The molecule has 0 amide bonds. The molecule has 0 aliphatic carbocycles. The Morgan fingerprint density at radius 1 is 1.10 bits per heavy atom. The van der Waals surface area contributed by atoms with Gasteiger partial charge >= 0.3 is 0 Å². The quantitative estimate of drug-likeness (QED) is 0.439. The summed E-state index contributed by atoms with van der Waals surface area (Å²) < 4.78 is 8.54. The molecule has 0 aromatic rings. The first kappa shape index (κ1) is 19.8. The second kappa shape index (κ2) is 12.5. The molecule has 4 nitrogen and oxygen atoms in total. The minimum absolute atomic E-state index is 0.456. The monoisotopic (exact) mass is 301 g/mol. The van der Waals surface area contributed by atoms with E-state index in [9.17, 15) is 0 Å². The number of rotatable bonds is 12. The third kappa shape index (κ3) is 8.87. The maximum absolute atomic E-state index is 8.82. The van der Waals surface area contributed by atoms with Crippen LogP contribution in [0.1, 0.15) is 59.8 Å². The van der Waals surface area contributed by atoms with Gasteiger partial charge in [0.25, 0.3) is 0 Å². The second-order valence-electron chi connectivity index (χ2n) is 5.59. The van der Waals surface area contributed by atoms with Gasteiger partial charge in [-0.3, -0.25) is 4.67 Å². The van der Waals surface area contributed by atoms with Crippen molar-refractivity contribution in [3.63, 3.8) is 0 Å². The van der Waals surface area contributed by atoms with Crippen molar-refractivity contribution in [3.05, 3.63) is 0 Å². The fourth-order valence-corrected chi connectivity index (χ4v) is 4.43. The topological polar surface area (TPSA) is 62.3 Å². The SMILES string of the molecule is CC(C)N(C(C)C)P(CCC#N)OCCCCCCN. The van der Waals surface area contributed by atoms with Crippen molar-refractivity contribution < 1.29 is 4.52 Å². The highest BCUT2D eigenvalue weighted by Crippen LogP contribution is 2.45. The molecule has 2 N–H and O–H groups in total. The molecule has 0 heterocycles. The summed E-state index contributed by atoms with van der Waals surface area (Å²) in [5.74, 6) is 0. The molecular weight excluding hydrogens is 269 g/mol. The van der Waals surface area contributed by atoms with E-state index >= 15 is 0 Å². The maximum atomic E-state index is 8.82. The van der Waals surface area contributed by atoms with Gasteiger partial charge in [0.1, 0.15) is 8.30 Å². The van der Waals surface area contributed by atoms with Gasteiger partial charge < -0.3 is 10.3 Å². The predicted molar refractivity (Wildman–Crippen MR) is 87.6 cm³/mol. The second-order valence-corrected chi connectivity index (χ2v) is 7.46. The number of nitriles is 1. The van der Waals surface area contributed by atoms with Crippen molar-refractivity contribution in [1.82, 2.24) is 4.67 Å². The zero-order valence-electron chi connectivity index (χ0n) is 13.6. The highest BCUT2D eigenvalue weighted by molar-refractivity contribution is 7.50. The fraction of sp³-hybridized carbons (Fsp3) is 0.933. The van der Waals surface area contributed by atoms with Crippen LogP contribution in [0.3, 0.4) is 0 Å². The summed E-state index contributed by atoms with van der Waals surface area (Å²) in [6.07, 6.45) is 6.00. The molecule has 1 unspecified atom stereocenters. The number of hydrogen-bond acceptors (Lipinski definition) is 4. The van der Waals surface area contributed by atoms with Gasteiger partial charge in [0.2, 0.25) is 0 Å². The Hall–Kier alpha value is -0.200. The van der Waals surface area contributed by atoms with E-state index < -0.39 is 8.30 Å². The summed E-state index contributed by atoms with van der Waals surface area (Å²) in [6.45, 7) is 10.4. The molecule has 0 saturated carbocycles. The minimum Gasteiger partial charge on any atom is -0.343 e. The summed E-state index contributed by atoms with van der Waals surface area (Å²) in [4.78, 5) is 0. The van der Waals surface area contributed by atoms with Crippen molar-refractivity contribution in [1.29, 1.82) is 5.26 Å². The van der Waals surface area contributed by atoms with Gasteiger partial charge in [0, 0.05) is 24.7 Å². The molecule has 0 saturated heterocycles. The van der Waals surface area contributed by atoms with Crippen LogP contribution < -0.4 is 5.73 Å². The van der Waals surface area contributed by atoms with Gasteiger partial charge in [0.15, 0.2) is 0 Å². The molecule has 0 aromatic carbocycles. The molecule has 0 rings (SSSR count). The van der Waals surface area contributed by atoms with Crippen LogP contribution in [-0.4, -0.2) is 36.1 Å². The molecular formula is C15H32N3OP. The van der Waals surface area contributed by atoms with Crippen LogP contribution >= 0.6 is 8.30 Å². The van der Waals surface area contributed by atoms with E-state index in [1.165, 1.54) is 12.8 Å². The first-order valence-corrected chi connectivity index (χ1v) is 9.20. The smallest absolute Gasteiger partial charge is 0.105 e. The largest absolute Gasteiger partial charge is 0.343 e. The van der Waals surface area contributed by atoms with E-state index in [0.717, 1.165) is 32.2 Å². The average Bonchev–Trinajstić information content (AvgIpc) is 2.38. The summed E-state index contributed by atoms with van der Waals surface area (Å²) in [5.41, 5.74) is 5.49. The van der Waals surface area contributed by atoms with Crippen LogP contribution in [0.4, 0.5) is 0 Å². The van der Waals surface area contributed by atoms with E-state index in [-0.39, 0.29) is 0 Å². The lowest BCUT2D eigenvalue weighted by Crippen LogP contribution is -2.33. The van der Waals surface area contributed by atoms with Crippen molar-refractivity contribution in [2.75, 3.05) is 19.3 Å². The highest BCUT2D eigenvalue weighted by Gasteiger charge is 2.24. The summed E-state index contributed by atoms with van der Waals surface area (Å²) in [7, 11) is -0.647. The Labute approximate surface area is 126 Å². The van der Waals surface area contributed by atoms with Gasteiger partial charge in [-0.05, 0) is 47.1 Å². The molecule has 0 aromatic heterocycles. The predicted octanol–water partition coefficient (Wildman–Crippen LogP) is 3.87. The van der Waals surface area contributed by atoms with Crippen molar-refractivity contribution in [2.45, 2.75) is 71.9 Å². The Bertz CT molecular complexity index is 258. The lowest BCUT2D eigenvalue weighted by molar-refractivity contribution is 0.249. The molecule has 0 bridgehead atoms. The van der Waals surface area contributed by atoms with E-state index in [0.29, 0.717) is 18.5 Å². The number of nitrogens with two attached hydrogens (primary N) is 1. The summed E-state index contributed by atoms with van der Waals surface area (Å²) in [6, 6.07) is 3.16. The van der Waals surface area contributed by atoms with E-state index in [4.69, 9.17) is 15.5 Å². The van der Waals surface area contributed by atoms with Gasteiger partial charge in [-0.1, -0.05) is 12.8 Å². The van der Waals surface area contributed by atoms with Crippen LogP contribution in [0.2, 0.25) is 0 Å². The molecule has 0 fully saturated rings. The summed E-state index contributed by atoms with van der Waals surface area (Å²) in [5, 5.41) is 8.82. The number of hydrogen-bond donors (Lipinski definition) is 1. The molecule has 118 valence electrons. The molecule has 1 atom stereocenters. The van der Waals surface area contributed by atoms with Gasteiger partial charge in [-0.25, -0.2) is 0 Å². The van der Waals surface area contributed by atoms with Gasteiger partial charge in [-0.15, -0.1) is 0 Å². The first-order chi connectivity index (χ1) is 9.54. The van der Waals surface area contributed by atoms with E-state index in [1.807, 2.05) is 0 Å². The third-order valence-electron chi connectivity index (χ3n) is 3.07. The van der Waals surface area contributed by atoms with Crippen LogP contribution in [0, 0.1) is 11.3 Å². The number of nitrogens with zero attached hydrogens (tertiary/aromatic N) is 2. The maximum Gasteiger partial charge on any atom is 0.105 e. The molecule has 0 spiro atoms. The lowest BCUT2D eigenvalue weighted by Gasteiger charge is -2.37. The van der Waals surface area contributed by atoms with E-state index in [2.05, 4.69) is 38.4 Å². The van der Waals surface area contributed by atoms with Crippen LogP contribution in [0.25, 0.3) is 0 Å². The Morgan fingerprint density at radius 2 is 1.70 bits per heavy atom. The van der Waals surface area contributed by atoms with Crippen molar-refractivity contribution in [3.8, 4) is 6.07 Å². The Balaban J connectivity index is 4.22. The fourth-order valence-electron chi connectivity index (χ4n) is 2.27. The molecule has 20 heavy (non-hydrogen) atoms. The molecule has 0 aliphatic rings. The van der Waals surface area contributed by atoms with Crippen molar-refractivity contribution >= 4 is 8.30 Å². The minimum atomic E-state index is -0.647. The molecule has 5 heteroatoms. The van der Waals surface area contributed by atoms with Gasteiger partial charge in [0.05, 0.1) is 12.7 Å². The summed E-state index contributed by atoms with van der Waals surface area (Å²) >= 11 is 0. The Morgan fingerprint density at radius 3 is 2.20 bits per heavy atom. The van der Waals surface area contributed by atoms with Gasteiger partial charge in [-0.2, -0.15) is 5.26 Å². The normalized spacial score (nSPS) is 13.2. The molecule has 0 radical (unpaired) electrons. The molecule has 0 aliphatic heterocycles. The van der Waals surface area contributed by atoms with Crippen LogP contribution in [0.5, 0.6) is 0 Å². The lowest BCUT2D eigenvalue weighted by atomic mass is 10.2. The standard InChI is InChI=1S/C15H32N3OP/c1-14(2)18(15(3)4)20(13-9-11-17)19-12-8-6-5-7-10-16/h14-15H,5-10,12-13,16H2,1-4H3. The van der Waals surface area contributed by atoms with Crippen LogP contribution in [-0.2, 0) is 4.52 Å².